The van der Waals surface area contributed by atoms with Crippen molar-refractivity contribution in [2.75, 3.05) is 6.61 Å². The SMILES string of the molecule is CC(COCc1cn(C2CC3CCC(C2)N3C(=O)OCc2ccccc2)nn1)NC(=O)OC(C)(C)C. The molecule has 2 saturated heterocycles. The fourth-order valence-corrected chi connectivity index (χ4v) is 4.90. The van der Waals surface area contributed by atoms with Crippen LogP contribution < -0.4 is 5.32 Å². The quantitative estimate of drug-likeness (QED) is 0.580. The molecule has 2 fully saturated rings. The van der Waals surface area contributed by atoms with Gasteiger partial charge in [-0.05, 0) is 58.9 Å². The smallest absolute Gasteiger partial charge is 0.410 e. The van der Waals surface area contributed by atoms with Crippen LogP contribution in [0.5, 0.6) is 0 Å². The minimum absolute atomic E-state index is 0.153. The number of benzene rings is 1. The number of aromatic nitrogens is 3. The van der Waals surface area contributed by atoms with E-state index in [1.807, 2.05) is 73.8 Å². The Hall–Kier alpha value is -3.14. The Morgan fingerprint density at radius 1 is 1.08 bits per heavy atom. The molecule has 0 aliphatic carbocycles. The van der Waals surface area contributed by atoms with Crippen LogP contribution in [0.3, 0.4) is 0 Å². The standard InChI is InChI=1S/C26H37N5O5/c1-18(27-24(32)36-26(2,3)4)15-34-17-20-14-30(29-28-20)23-12-21-10-11-22(13-23)31(21)25(33)35-16-19-8-6-5-7-9-19/h5-9,14,18,21-23H,10-13,15-17H2,1-4H3,(H,27,32). The van der Waals surface area contributed by atoms with Gasteiger partial charge in [0.15, 0.2) is 0 Å². The average Bonchev–Trinajstić information content (AvgIpc) is 3.39. The highest BCUT2D eigenvalue weighted by molar-refractivity contribution is 5.69. The minimum atomic E-state index is -0.540. The van der Waals surface area contributed by atoms with Gasteiger partial charge < -0.3 is 24.4 Å². The number of carbonyl (C=O) groups excluding carboxylic acids is 2. The van der Waals surface area contributed by atoms with E-state index in [2.05, 4.69) is 15.6 Å². The summed E-state index contributed by atoms with van der Waals surface area (Å²) >= 11 is 0. The molecule has 10 heteroatoms. The van der Waals surface area contributed by atoms with Gasteiger partial charge in [-0.3, -0.25) is 0 Å². The highest BCUT2D eigenvalue weighted by Gasteiger charge is 2.44. The molecule has 1 aromatic heterocycles. The van der Waals surface area contributed by atoms with Crippen LogP contribution in [0.1, 0.15) is 70.7 Å². The third-order valence-corrected chi connectivity index (χ3v) is 6.44. The summed E-state index contributed by atoms with van der Waals surface area (Å²) in [5.74, 6) is 0. The second-order valence-electron chi connectivity index (χ2n) is 10.7. The highest BCUT2D eigenvalue weighted by atomic mass is 16.6. The summed E-state index contributed by atoms with van der Waals surface area (Å²) in [7, 11) is 0. The first kappa shape index (κ1) is 25.9. The van der Waals surface area contributed by atoms with E-state index in [-0.39, 0.29) is 36.9 Å². The molecule has 1 N–H and O–H groups in total. The zero-order chi connectivity index (χ0) is 25.7. The number of ether oxygens (including phenoxy) is 3. The lowest BCUT2D eigenvalue weighted by Gasteiger charge is -2.37. The molecule has 2 aliphatic rings. The van der Waals surface area contributed by atoms with Gasteiger partial charge in [0.1, 0.15) is 17.9 Å². The molecule has 10 nitrogen and oxygen atoms in total. The Morgan fingerprint density at radius 2 is 1.78 bits per heavy atom. The van der Waals surface area contributed by atoms with Crippen LogP contribution in [0.15, 0.2) is 36.5 Å². The molecule has 2 aromatic rings. The third-order valence-electron chi connectivity index (χ3n) is 6.44. The van der Waals surface area contributed by atoms with Crippen molar-refractivity contribution >= 4 is 12.2 Å². The number of amides is 2. The number of fused-ring (bicyclic) bond motifs is 2. The summed E-state index contributed by atoms with van der Waals surface area (Å²) in [6.45, 7) is 8.25. The largest absolute Gasteiger partial charge is 0.445 e. The summed E-state index contributed by atoms with van der Waals surface area (Å²) in [4.78, 5) is 26.6. The van der Waals surface area contributed by atoms with Gasteiger partial charge in [-0.2, -0.15) is 0 Å². The van der Waals surface area contributed by atoms with Gasteiger partial charge in [-0.25, -0.2) is 14.3 Å². The van der Waals surface area contributed by atoms with Crippen LogP contribution in [0.2, 0.25) is 0 Å². The predicted octanol–water partition coefficient (Wildman–Crippen LogP) is 4.21. The lowest BCUT2D eigenvalue weighted by atomic mass is 9.98. The molecule has 3 heterocycles. The molecule has 3 atom stereocenters. The van der Waals surface area contributed by atoms with Crippen molar-refractivity contribution in [3.8, 4) is 0 Å². The Morgan fingerprint density at radius 3 is 2.44 bits per heavy atom. The number of piperidine rings is 1. The second kappa shape index (κ2) is 11.3. The number of hydrogen-bond acceptors (Lipinski definition) is 7. The van der Waals surface area contributed by atoms with Crippen LogP contribution in [-0.4, -0.2) is 62.4 Å². The van der Waals surface area contributed by atoms with Crippen molar-refractivity contribution in [1.82, 2.24) is 25.2 Å². The van der Waals surface area contributed by atoms with Gasteiger partial charge in [-0.1, -0.05) is 35.5 Å². The second-order valence-corrected chi connectivity index (χ2v) is 10.7. The number of nitrogens with zero attached hydrogens (tertiary/aromatic N) is 4. The van der Waals surface area contributed by atoms with Crippen molar-refractivity contribution in [3.63, 3.8) is 0 Å². The molecule has 0 saturated carbocycles. The average molecular weight is 500 g/mol. The van der Waals surface area contributed by atoms with E-state index in [1.54, 1.807) is 0 Å². The minimum Gasteiger partial charge on any atom is -0.445 e. The molecule has 2 amide bonds. The molecule has 4 rings (SSSR count). The Balaban J connectivity index is 1.22. The molecular formula is C26H37N5O5. The first-order valence-corrected chi connectivity index (χ1v) is 12.6. The van der Waals surface area contributed by atoms with E-state index in [1.165, 1.54) is 0 Å². The van der Waals surface area contributed by atoms with Crippen LogP contribution in [0.25, 0.3) is 0 Å². The lowest BCUT2D eigenvalue weighted by Crippen LogP contribution is -2.47. The predicted molar refractivity (Wildman–Crippen MR) is 132 cm³/mol. The van der Waals surface area contributed by atoms with Crippen molar-refractivity contribution in [2.24, 2.45) is 0 Å². The van der Waals surface area contributed by atoms with E-state index in [9.17, 15) is 9.59 Å². The molecule has 3 unspecified atom stereocenters. The van der Waals surface area contributed by atoms with Gasteiger partial charge in [0, 0.05) is 12.1 Å². The van der Waals surface area contributed by atoms with Crippen LogP contribution >= 0.6 is 0 Å². The molecule has 2 aliphatic heterocycles. The van der Waals surface area contributed by atoms with Gasteiger partial charge >= 0.3 is 12.2 Å². The molecule has 2 bridgehead atoms. The van der Waals surface area contributed by atoms with Gasteiger partial charge in [-0.15, -0.1) is 5.10 Å². The number of carbonyl (C=O) groups is 2. The molecule has 196 valence electrons. The maximum absolute atomic E-state index is 12.8. The zero-order valence-corrected chi connectivity index (χ0v) is 21.6. The maximum atomic E-state index is 12.8. The Kier molecular flexibility index (Phi) is 8.13. The maximum Gasteiger partial charge on any atom is 0.410 e. The summed E-state index contributed by atoms with van der Waals surface area (Å²) in [6, 6.07) is 10.0. The Bertz CT molecular complexity index is 1010. The molecular weight excluding hydrogens is 462 g/mol. The summed E-state index contributed by atoms with van der Waals surface area (Å²) in [5, 5.41) is 11.3. The topological polar surface area (TPSA) is 108 Å². The van der Waals surface area contributed by atoms with E-state index in [0.29, 0.717) is 13.2 Å². The van der Waals surface area contributed by atoms with E-state index in [4.69, 9.17) is 14.2 Å². The number of nitrogens with one attached hydrogen (secondary N) is 1. The fourth-order valence-electron chi connectivity index (χ4n) is 4.90. The number of hydrogen-bond donors (Lipinski definition) is 1. The van der Waals surface area contributed by atoms with Gasteiger partial charge in [0.05, 0.1) is 31.5 Å². The fraction of sp³-hybridized carbons (Fsp3) is 0.615. The van der Waals surface area contributed by atoms with Gasteiger partial charge in [0.25, 0.3) is 0 Å². The van der Waals surface area contributed by atoms with Crippen molar-refractivity contribution in [1.29, 1.82) is 0 Å². The Labute approximate surface area is 212 Å². The molecule has 0 spiro atoms. The van der Waals surface area contributed by atoms with Crippen molar-refractivity contribution in [3.05, 3.63) is 47.8 Å². The van der Waals surface area contributed by atoms with Gasteiger partial charge in [0.2, 0.25) is 0 Å². The van der Waals surface area contributed by atoms with E-state index in [0.717, 1.165) is 36.9 Å². The summed E-state index contributed by atoms with van der Waals surface area (Å²) < 4.78 is 18.5. The first-order chi connectivity index (χ1) is 17.2. The first-order valence-electron chi connectivity index (χ1n) is 12.6. The van der Waals surface area contributed by atoms with Crippen LogP contribution in [0, 0.1) is 0 Å². The number of alkyl carbamates (subject to hydrolysis) is 1. The normalized spacial score (nSPS) is 22.2. The lowest BCUT2D eigenvalue weighted by molar-refractivity contribution is 0.0438. The van der Waals surface area contributed by atoms with E-state index < -0.39 is 11.7 Å². The number of rotatable bonds is 8. The summed E-state index contributed by atoms with van der Waals surface area (Å²) in [5.41, 5.74) is 1.18. The zero-order valence-electron chi connectivity index (χ0n) is 21.6. The third kappa shape index (κ3) is 6.96. The van der Waals surface area contributed by atoms with Crippen LogP contribution in [0.4, 0.5) is 9.59 Å². The monoisotopic (exact) mass is 499 g/mol. The molecule has 1 aromatic carbocycles. The summed E-state index contributed by atoms with van der Waals surface area (Å²) in [6.07, 6.45) is 4.85. The highest BCUT2D eigenvalue weighted by Crippen LogP contribution is 2.41. The molecule has 36 heavy (non-hydrogen) atoms. The van der Waals surface area contributed by atoms with E-state index >= 15 is 0 Å². The molecule has 0 radical (unpaired) electrons. The van der Waals surface area contributed by atoms with Crippen LogP contribution in [-0.2, 0) is 27.4 Å². The van der Waals surface area contributed by atoms with Crippen molar-refractivity contribution in [2.45, 2.75) is 96.4 Å². The van der Waals surface area contributed by atoms with Crippen molar-refractivity contribution < 1.29 is 23.8 Å².